The lowest BCUT2D eigenvalue weighted by Crippen LogP contribution is -2.60. The lowest BCUT2D eigenvalue weighted by molar-refractivity contribution is -0.148. The van der Waals surface area contributed by atoms with E-state index in [2.05, 4.69) is 23.1 Å². The van der Waals surface area contributed by atoms with E-state index in [9.17, 15) is 9.90 Å². The molecule has 9 heteroatoms. The van der Waals surface area contributed by atoms with E-state index in [1.807, 2.05) is 6.07 Å². The number of fused-ring (bicyclic) bond motifs is 1. The van der Waals surface area contributed by atoms with Gasteiger partial charge in [0, 0.05) is 25.6 Å². The van der Waals surface area contributed by atoms with Crippen LogP contribution in [-0.4, -0.2) is 51.8 Å². The van der Waals surface area contributed by atoms with E-state index in [4.69, 9.17) is 15.8 Å². The number of carboxylic acids is 1. The van der Waals surface area contributed by atoms with Gasteiger partial charge in [0.05, 0.1) is 0 Å². The van der Waals surface area contributed by atoms with Crippen molar-refractivity contribution in [2.75, 3.05) is 13.1 Å². The minimum absolute atomic E-state index is 0. The fourth-order valence-corrected chi connectivity index (χ4v) is 4.61. The van der Waals surface area contributed by atoms with Crippen LogP contribution in [-0.2, 0) is 17.8 Å². The van der Waals surface area contributed by atoms with Gasteiger partial charge in [0.1, 0.15) is 5.54 Å². The molecule has 6 nitrogen and oxygen atoms in total. The maximum Gasteiger partial charge on any atom is 0.451 e. The van der Waals surface area contributed by atoms with Crippen molar-refractivity contribution in [2.45, 2.75) is 50.5 Å². The third-order valence-corrected chi connectivity index (χ3v) is 6.20. The summed E-state index contributed by atoms with van der Waals surface area (Å²) in [5.41, 5.74) is 7.87. The molecule has 0 aromatic heterocycles. The molecular weight excluding hydrogens is 402 g/mol. The predicted molar refractivity (Wildman–Crippen MR) is 115 cm³/mol. The average molecular weight is 433 g/mol. The number of nitrogens with zero attached hydrogens (tertiary/aromatic N) is 1. The van der Waals surface area contributed by atoms with Crippen molar-refractivity contribution in [3.05, 3.63) is 35.4 Å². The molecule has 3 rings (SSSR count). The van der Waals surface area contributed by atoms with Gasteiger partial charge in [-0.25, -0.2) is 0 Å². The van der Waals surface area contributed by atoms with Gasteiger partial charge in [0.2, 0.25) is 0 Å². The second-order valence-electron chi connectivity index (χ2n) is 8.00. The molecule has 1 aromatic carbocycles. The Morgan fingerprint density at radius 3 is 2.54 bits per heavy atom. The van der Waals surface area contributed by atoms with Gasteiger partial charge < -0.3 is 20.9 Å². The number of carboxylic acid groups (broad SMARTS) is 1. The number of carbonyl (C=O) groups is 1. The quantitative estimate of drug-likeness (QED) is 0.511. The van der Waals surface area contributed by atoms with Crippen LogP contribution in [0.25, 0.3) is 0 Å². The first-order chi connectivity index (χ1) is 12.4. The molecule has 0 unspecified atom stereocenters. The number of hydrogen-bond donors (Lipinski definition) is 4. The van der Waals surface area contributed by atoms with Gasteiger partial charge in [-0.3, -0.25) is 9.69 Å². The fourth-order valence-electron chi connectivity index (χ4n) is 4.61. The fraction of sp³-hybridized carbons (Fsp3) is 0.632. The monoisotopic (exact) mass is 432 g/mol. The number of hydrogen-bond acceptors (Lipinski definition) is 5. The van der Waals surface area contributed by atoms with E-state index >= 15 is 0 Å². The molecule has 0 bridgehead atoms. The van der Waals surface area contributed by atoms with Crippen LogP contribution >= 0.6 is 24.8 Å². The number of benzene rings is 1. The van der Waals surface area contributed by atoms with Crippen molar-refractivity contribution in [1.29, 1.82) is 0 Å². The molecule has 0 radical (unpaired) electrons. The Bertz CT molecular complexity index is 652. The van der Waals surface area contributed by atoms with E-state index in [1.54, 1.807) is 0 Å². The highest BCUT2D eigenvalue weighted by Gasteiger charge is 2.47. The SMILES string of the molecule is Cl.Cl.N[C@]1(C(=O)O)C[C@H](CCB(O)O)CC[C@H]1CN1CCc2ccccc2C1. The van der Waals surface area contributed by atoms with E-state index in [0.29, 0.717) is 19.4 Å². The zero-order valence-corrected chi connectivity index (χ0v) is 17.6. The zero-order chi connectivity index (χ0) is 18.7. The highest BCUT2D eigenvalue weighted by molar-refractivity contribution is 6.40. The maximum absolute atomic E-state index is 12.0. The maximum atomic E-state index is 12.0. The largest absolute Gasteiger partial charge is 0.480 e. The Kier molecular flexibility index (Phi) is 9.73. The summed E-state index contributed by atoms with van der Waals surface area (Å²) in [5, 5.41) is 28.0. The van der Waals surface area contributed by atoms with Crippen molar-refractivity contribution in [1.82, 2.24) is 4.90 Å². The first kappa shape index (κ1) is 25.2. The summed E-state index contributed by atoms with van der Waals surface area (Å²) in [5.74, 6) is -0.883. The molecule has 1 heterocycles. The standard InChI is InChI=1S/C19H29BN2O4.2ClH/c21-19(18(23)24)11-14(7-9-20(25)26)5-6-17(19)13-22-10-8-15-3-1-2-4-16(15)12-22;;/h1-4,14,17,25-26H,5-13,21H2,(H,23,24);2*1H/t14-,17-,19+;;/m0../s1. The molecule has 3 atom stereocenters. The Balaban J connectivity index is 0.00000196. The van der Waals surface area contributed by atoms with Crippen LogP contribution in [0.15, 0.2) is 24.3 Å². The van der Waals surface area contributed by atoms with Crippen molar-refractivity contribution in [3.8, 4) is 0 Å². The van der Waals surface area contributed by atoms with E-state index < -0.39 is 18.6 Å². The number of aliphatic carboxylic acids is 1. The van der Waals surface area contributed by atoms with Gasteiger partial charge in [-0.2, -0.15) is 0 Å². The predicted octanol–water partition coefficient (Wildman–Crippen LogP) is 1.95. The van der Waals surface area contributed by atoms with E-state index in [1.165, 1.54) is 11.1 Å². The summed E-state index contributed by atoms with van der Waals surface area (Å²) in [6.07, 6.45) is 3.94. The average Bonchev–Trinajstić information content (AvgIpc) is 2.62. The molecule has 0 saturated heterocycles. The van der Waals surface area contributed by atoms with Crippen LogP contribution < -0.4 is 5.73 Å². The Morgan fingerprint density at radius 2 is 1.89 bits per heavy atom. The van der Waals surface area contributed by atoms with Gasteiger partial charge in [-0.05, 0) is 49.0 Å². The van der Waals surface area contributed by atoms with Gasteiger partial charge in [-0.15, -0.1) is 24.8 Å². The van der Waals surface area contributed by atoms with Crippen LogP contribution in [0.5, 0.6) is 0 Å². The van der Waals surface area contributed by atoms with E-state index in [0.717, 1.165) is 32.4 Å². The van der Waals surface area contributed by atoms with Gasteiger partial charge >= 0.3 is 13.1 Å². The van der Waals surface area contributed by atoms with Crippen LogP contribution in [0.4, 0.5) is 0 Å². The first-order valence-electron chi connectivity index (χ1n) is 9.56. The first-order valence-corrected chi connectivity index (χ1v) is 9.56. The highest BCUT2D eigenvalue weighted by Crippen LogP contribution is 2.39. The van der Waals surface area contributed by atoms with Crippen molar-refractivity contribution in [2.24, 2.45) is 17.6 Å². The minimum Gasteiger partial charge on any atom is -0.480 e. The van der Waals surface area contributed by atoms with Crippen molar-refractivity contribution >= 4 is 37.9 Å². The number of nitrogens with two attached hydrogens (primary N) is 1. The molecular formula is C19H31BCl2N2O4. The molecule has 1 aliphatic heterocycles. The van der Waals surface area contributed by atoms with Gasteiger partial charge in [-0.1, -0.05) is 30.7 Å². The second kappa shape index (κ2) is 10.8. The summed E-state index contributed by atoms with van der Waals surface area (Å²) in [6.45, 7) is 2.48. The normalized spacial score (nSPS) is 27.1. The van der Waals surface area contributed by atoms with Crippen LogP contribution in [0, 0.1) is 11.8 Å². The molecule has 28 heavy (non-hydrogen) atoms. The summed E-state index contributed by atoms with van der Waals surface area (Å²) >= 11 is 0. The molecule has 2 aliphatic rings. The Hall–Kier alpha value is -0.825. The molecule has 1 fully saturated rings. The molecule has 1 aromatic rings. The molecule has 1 aliphatic carbocycles. The summed E-state index contributed by atoms with van der Waals surface area (Å²) < 4.78 is 0. The van der Waals surface area contributed by atoms with Crippen LogP contribution in [0.2, 0.25) is 6.32 Å². The third kappa shape index (κ3) is 5.84. The van der Waals surface area contributed by atoms with Gasteiger partial charge in [0.15, 0.2) is 0 Å². The molecule has 5 N–H and O–H groups in total. The highest BCUT2D eigenvalue weighted by atomic mass is 35.5. The topological polar surface area (TPSA) is 107 Å². The smallest absolute Gasteiger partial charge is 0.451 e. The third-order valence-electron chi connectivity index (χ3n) is 6.20. The molecule has 158 valence electrons. The summed E-state index contributed by atoms with van der Waals surface area (Å²) in [4.78, 5) is 14.3. The molecule has 0 spiro atoms. The van der Waals surface area contributed by atoms with Crippen LogP contribution in [0.3, 0.4) is 0 Å². The lowest BCUT2D eigenvalue weighted by Gasteiger charge is -2.44. The zero-order valence-electron chi connectivity index (χ0n) is 16.0. The number of rotatable bonds is 6. The van der Waals surface area contributed by atoms with Crippen molar-refractivity contribution in [3.63, 3.8) is 0 Å². The number of halogens is 2. The molecule has 0 amide bonds. The minimum atomic E-state index is -1.34. The van der Waals surface area contributed by atoms with Gasteiger partial charge in [0.25, 0.3) is 0 Å². The Labute approximate surface area is 179 Å². The van der Waals surface area contributed by atoms with Crippen LogP contribution in [0.1, 0.15) is 36.8 Å². The van der Waals surface area contributed by atoms with Crippen molar-refractivity contribution < 1.29 is 19.9 Å². The lowest BCUT2D eigenvalue weighted by atomic mass is 9.66. The second-order valence-corrected chi connectivity index (χ2v) is 8.00. The Morgan fingerprint density at radius 1 is 1.21 bits per heavy atom. The summed E-state index contributed by atoms with van der Waals surface area (Å²) in [6, 6.07) is 8.42. The molecule has 1 saturated carbocycles. The van der Waals surface area contributed by atoms with E-state index in [-0.39, 0.29) is 43.0 Å². The summed E-state index contributed by atoms with van der Waals surface area (Å²) in [7, 11) is -1.34.